The van der Waals surface area contributed by atoms with E-state index in [-0.39, 0.29) is 87.3 Å². The zero-order valence-corrected chi connectivity index (χ0v) is 48.1. The van der Waals surface area contributed by atoms with Crippen molar-refractivity contribution in [2.75, 3.05) is 34.5 Å². The number of pyridine rings is 2. The number of fused-ring (bicyclic) bond motifs is 2. The van der Waals surface area contributed by atoms with E-state index in [0.29, 0.717) is 55.6 Å². The van der Waals surface area contributed by atoms with Gasteiger partial charge in [0.25, 0.3) is 22.2 Å². The Bertz CT molecular complexity index is 4180. The first-order chi connectivity index (χ1) is 37.7. The summed E-state index contributed by atoms with van der Waals surface area (Å²) in [7, 11) is 2.95. The highest BCUT2D eigenvalue weighted by atomic mass is 127. The van der Waals surface area contributed by atoms with Gasteiger partial charge in [0.15, 0.2) is 0 Å². The van der Waals surface area contributed by atoms with Crippen LogP contribution in [-0.2, 0) is 28.4 Å². The van der Waals surface area contributed by atoms with Gasteiger partial charge in [-0.15, -0.1) is 0 Å². The van der Waals surface area contributed by atoms with Crippen molar-refractivity contribution in [3.8, 4) is 11.4 Å². The van der Waals surface area contributed by atoms with Crippen LogP contribution in [0.3, 0.4) is 0 Å². The molecular weight excluding hydrogens is 1260 g/mol. The summed E-state index contributed by atoms with van der Waals surface area (Å²) >= 11 is 3.96. The van der Waals surface area contributed by atoms with Crippen LogP contribution >= 0.6 is 45.2 Å². The molecule has 4 aromatic heterocycles. The second kappa shape index (κ2) is 24.1. The standard InChI is InChI=1S/2C26H23FIN5O4.C4H8O.CH4/c1-13-22-21(23(31(3)24(13)35)30-20-10-7-15(28)11-19(20)27)25(36)33(17-8-9-17)26(37)32(22)18-6-4-5-16(12-18)29-14(2)34;1-13-22(30-17-6-4-5-16(12-17)29-14(2)34)21-23(31(3)24(13)35)33(20-10-7-15(28)11-19(20)27)26(37)32(25(21)36)18-8-9-18;1-2-4-5-3-1;/h4-7,10-12,17,30H,8-9H2,1-3H3,(H,29,34);4-7,10-12,18,30H,8-9H2,1-3H3,(H,29,34);1-4H2;1H4. The van der Waals surface area contributed by atoms with Crippen molar-refractivity contribution in [2.45, 2.75) is 85.7 Å². The number of hydrogen-bond acceptors (Lipinski definition) is 11. The predicted molar refractivity (Wildman–Crippen MR) is 324 cm³/mol. The van der Waals surface area contributed by atoms with Gasteiger partial charge in [-0.05, 0) is 170 Å². The quantitative estimate of drug-likeness (QED) is 0.0945. The number of anilines is 6. The van der Waals surface area contributed by atoms with Gasteiger partial charge in [0.05, 0.1) is 28.3 Å². The van der Waals surface area contributed by atoms with Crippen molar-refractivity contribution in [2.24, 2.45) is 14.1 Å². The monoisotopic (exact) mass is 1320 g/mol. The number of nitrogens with one attached hydrogen (secondary N) is 4. The Balaban J connectivity index is 0.000000191. The number of aromatic nitrogens is 6. The molecule has 0 unspecified atom stereocenters. The Morgan fingerprint density at radius 2 is 1.12 bits per heavy atom. The Hall–Kier alpha value is -7.52. The third kappa shape index (κ3) is 11.8. The Labute approximate surface area is 483 Å². The number of rotatable bonds is 10. The highest BCUT2D eigenvalue weighted by Gasteiger charge is 2.34. The van der Waals surface area contributed by atoms with E-state index in [1.165, 1.54) is 83.3 Å². The van der Waals surface area contributed by atoms with Gasteiger partial charge >= 0.3 is 11.4 Å². The van der Waals surface area contributed by atoms with Crippen molar-refractivity contribution in [1.29, 1.82) is 0 Å². The Morgan fingerprint density at radius 3 is 1.68 bits per heavy atom. The maximum Gasteiger partial charge on any atom is 0.337 e. The van der Waals surface area contributed by atoms with Crippen LogP contribution in [-0.4, -0.2) is 52.4 Å². The number of benzene rings is 4. The van der Waals surface area contributed by atoms with Crippen LogP contribution in [0.4, 0.5) is 43.0 Å². The normalized spacial score (nSPS) is 13.6. The topological polar surface area (TPSA) is 223 Å². The van der Waals surface area contributed by atoms with Crippen molar-refractivity contribution in [1.82, 2.24) is 27.4 Å². The number of ether oxygens (including phenoxy) is 1. The summed E-state index contributed by atoms with van der Waals surface area (Å²) in [6.45, 7) is 7.90. The van der Waals surface area contributed by atoms with Gasteiger partial charge in [-0.1, -0.05) is 19.6 Å². The van der Waals surface area contributed by atoms with E-state index in [1.54, 1.807) is 74.5 Å². The lowest BCUT2D eigenvalue weighted by molar-refractivity contribution is -0.115. The summed E-state index contributed by atoms with van der Waals surface area (Å²) in [5.74, 6) is -1.65. The molecule has 4 aromatic carbocycles. The van der Waals surface area contributed by atoms with E-state index >= 15 is 4.39 Å². The minimum absolute atomic E-state index is 0. The lowest BCUT2D eigenvalue weighted by Crippen LogP contribution is -2.42. The molecule has 2 aliphatic carbocycles. The van der Waals surface area contributed by atoms with Crippen molar-refractivity contribution < 1.29 is 23.1 Å². The predicted octanol–water partition coefficient (Wildman–Crippen LogP) is 9.31. The molecule has 8 aromatic rings. The number of carbonyl (C=O) groups is 2. The molecule has 3 aliphatic rings. The fourth-order valence-corrected chi connectivity index (χ4v) is 10.4. The average molecular weight is 1320 g/mol. The zero-order valence-electron chi connectivity index (χ0n) is 43.8. The van der Waals surface area contributed by atoms with Crippen molar-refractivity contribution >= 4 is 113 Å². The Kier molecular flexibility index (Phi) is 17.6. The highest BCUT2D eigenvalue weighted by molar-refractivity contribution is 14.1. The number of nitrogens with zero attached hydrogens (tertiary/aromatic N) is 6. The van der Waals surface area contributed by atoms with E-state index in [9.17, 15) is 42.7 Å². The molecule has 11 rings (SSSR count). The van der Waals surface area contributed by atoms with E-state index < -0.39 is 45.3 Å². The largest absolute Gasteiger partial charge is 0.381 e. The van der Waals surface area contributed by atoms with E-state index in [0.717, 1.165) is 22.3 Å². The van der Waals surface area contributed by atoms with E-state index in [2.05, 4.69) is 21.3 Å². The molecule has 19 nitrogen and oxygen atoms in total. The van der Waals surface area contributed by atoms with Crippen LogP contribution in [0.2, 0.25) is 0 Å². The molecule has 0 radical (unpaired) electrons. The lowest BCUT2D eigenvalue weighted by atomic mass is 10.1. The molecule has 80 heavy (non-hydrogen) atoms. The molecule has 1 aliphatic heterocycles. The van der Waals surface area contributed by atoms with Crippen LogP contribution in [0.1, 0.15) is 83.0 Å². The summed E-state index contributed by atoms with van der Waals surface area (Å²) in [5.41, 5.74) is -0.598. The van der Waals surface area contributed by atoms with E-state index in [4.69, 9.17) is 4.74 Å². The number of hydrogen-bond donors (Lipinski definition) is 4. The van der Waals surface area contributed by atoms with Crippen LogP contribution in [0.25, 0.3) is 33.3 Å². The smallest absolute Gasteiger partial charge is 0.337 e. The third-order valence-corrected chi connectivity index (χ3v) is 14.9. The Morgan fingerprint density at radius 1 is 0.600 bits per heavy atom. The lowest BCUT2D eigenvalue weighted by Gasteiger charge is -2.21. The summed E-state index contributed by atoms with van der Waals surface area (Å²) in [5, 5.41) is 11.7. The number of aryl methyl sites for hydroxylation is 2. The second-order valence-electron chi connectivity index (χ2n) is 19.5. The van der Waals surface area contributed by atoms with Crippen molar-refractivity contribution in [3.63, 3.8) is 0 Å². The maximum absolute atomic E-state index is 15.2. The minimum Gasteiger partial charge on any atom is -0.381 e. The third-order valence-electron chi connectivity index (χ3n) is 13.5. The highest BCUT2D eigenvalue weighted by Crippen LogP contribution is 2.36. The van der Waals surface area contributed by atoms with Gasteiger partial charge in [-0.3, -0.25) is 51.6 Å². The second-order valence-corrected chi connectivity index (χ2v) is 21.9. The fraction of sp³-hybridized carbons (Fsp3) is 0.298. The number of amides is 2. The van der Waals surface area contributed by atoms with E-state index in [1.807, 2.05) is 45.2 Å². The zero-order chi connectivity index (χ0) is 56.7. The first kappa shape index (κ1) is 58.6. The molecule has 2 saturated carbocycles. The number of halogens is 4. The maximum atomic E-state index is 15.2. The first-order valence-corrected chi connectivity index (χ1v) is 27.4. The summed E-state index contributed by atoms with van der Waals surface area (Å²) < 4.78 is 43.5. The van der Waals surface area contributed by atoms with Crippen LogP contribution in [0, 0.1) is 32.6 Å². The molecule has 5 heterocycles. The van der Waals surface area contributed by atoms with Gasteiger partial charge in [0.2, 0.25) is 11.8 Å². The molecule has 0 atom stereocenters. The van der Waals surface area contributed by atoms with Crippen LogP contribution < -0.4 is 54.9 Å². The molecule has 418 valence electrons. The van der Waals surface area contributed by atoms with Gasteiger partial charge in [-0.25, -0.2) is 22.9 Å². The van der Waals surface area contributed by atoms with Gasteiger partial charge < -0.3 is 26.0 Å². The van der Waals surface area contributed by atoms with Gasteiger partial charge in [0, 0.05) is 88.6 Å². The average Bonchev–Trinajstić information content (AvgIpc) is 4.23. The van der Waals surface area contributed by atoms with Gasteiger partial charge in [-0.2, -0.15) is 0 Å². The molecule has 3 fully saturated rings. The summed E-state index contributed by atoms with van der Waals surface area (Å²) in [6, 6.07) is 21.8. The minimum atomic E-state index is -0.697. The first-order valence-electron chi connectivity index (χ1n) is 25.3. The molecule has 2 amide bonds. The van der Waals surface area contributed by atoms with Crippen molar-refractivity contribution in [3.05, 3.63) is 177 Å². The molecule has 1 saturated heterocycles. The molecule has 0 bridgehead atoms. The summed E-state index contributed by atoms with van der Waals surface area (Å²) in [6.07, 6.45) is 5.21. The number of carbonyl (C=O) groups excluding carboxylic acids is 2. The molecular formula is C57H58F2I2N10O9. The molecule has 0 spiro atoms. The molecule has 4 N–H and O–H groups in total. The van der Waals surface area contributed by atoms with Gasteiger partial charge in [0.1, 0.15) is 33.9 Å². The van der Waals surface area contributed by atoms with Crippen LogP contribution in [0.5, 0.6) is 0 Å². The summed E-state index contributed by atoms with van der Waals surface area (Å²) in [4.78, 5) is 105. The van der Waals surface area contributed by atoms with Crippen LogP contribution in [0.15, 0.2) is 114 Å². The molecule has 23 heteroatoms. The SMILES string of the molecule is C.C1CCOC1.CC(=O)Nc1cccc(-n2c(=O)n(C3CC3)c(=O)c3c(Nc4ccc(I)cc4F)n(C)c(=O)c(C)c32)c1.CC(=O)Nc1cccc(Nc2c(C)c(=O)n(C)c3c2c(=O)n(C2CC2)c(=O)n3-c2ccc(I)cc2F)c1. The fourth-order valence-electron chi connectivity index (χ4n) is 9.51.